The molecule has 0 fully saturated rings. The molecule has 0 saturated heterocycles. The van der Waals surface area contributed by atoms with Crippen LogP contribution in [0.3, 0.4) is 0 Å². The van der Waals surface area contributed by atoms with Crippen LogP contribution < -0.4 is 5.56 Å². The predicted octanol–water partition coefficient (Wildman–Crippen LogP) is 0.978. The number of nitrogens with one attached hydrogen (secondary N) is 1. The number of nitrogens with zero attached hydrogens (tertiary/aromatic N) is 1. The summed E-state index contributed by atoms with van der Waals surface area (Å²) in [6.45, 7) is 0.473. The minimum atomic E-state index is -0.111. The minimum Gasteiger partial charge on any atom is -0.329 e. The Labute approximate surface area is 68.8 Å². The molecule has 1 rings (SSSR count). The highest BCUT2D eigenvalue weighted by Crippen LogP contribution is 1.93. The van der Waals surface area contributed by atoms with Crippen LogP contribution in [0.15, 0.2) is 28.1 Å². The average molecular weight is 166 g/mol. The first-order valence-corrected chi connectivity index (χ1v) is 3.45. The highest BCUT2D eigenvalue weighted by Gasteiger charge is 1.87. The fourth-order valence-corrected chi connectivity index (χ4v) is 0.729. The lowest BCUT2D eigenvalue weighted by molar-refractivity contribution is 1.05. The Morgan fingerprint density at radius 2 is 2.45 bits per heavy atom. The number of aromatic amines is 1. The average Bonchev–Trinajstić information content (AvgIpc) is 2.04. The van der Waals surface area contributed by atoms with E-state index in [1.54, 1.807) is 12.3 Å². The number of hydrogen-bond donors (Lipinski definition) is 1. The molecule has 0 aromatic carbocycles. The zero-order valence-electron chi connectivity index (χ0n) is 5.70. The summed E-state index contributed by atoms with van der Waals surface area (Å²) in [6, 6.07) is 3.16. The SMILES string of the molecule is O=c1ccc(CN=C=S)c[nH]1. The molecule has 0 aliphatic carbocycles. The lowest BCUT2D eigenvalue weighted by atomic mass is 10.3. The summed E-state index contributed by atoms with van der Waals surface area (Å²) in [6.07, 6.45) is 1.61. The first kappa shape index (κ1) is 7.85. The highest BCUT2D eigenvalue weighted by molar-refractivity contribution is 7.78. The van der Waals surface area contributed by atoms with Gasteiger partial charge in [-0.3, -0.25) is 4.79 Å². The Kier molecular flexibility index (Phi) is 2.72. The van der Waals surface area contributed by atoms with E-state index in [1.165, 1.54) is 6.07 Å². The quantitative estimate of drug-likeness (QED) is 0.525. The molecule has 0 aliphatic rings. The molecule has 3 nitrogen and oxygen atoms in total. The zero-order valence-corrected chi connectivity index (χ0v) is 6.52. The molecule has 11 heavy (non-hydrogen) atoms. The monoisotopic (exact) mass is 166 g/mol. The number of aromatic nitrogens is 1. The van der Waals surface area contributed by atoms with Crippen LogP contribution in [0.25, 0.3) is 0 Å². The third-order valence-corrected chi connectivity index (χ3v) is 1.30. The number of rotatable bonds is 2. The van der Waals surface area contributed by atoms with Gasteiger partial charge in [-0.05, 0) is 17.8 Å². The maximum atomic E-state index is 10.6. The lowest BCUT2D eigenvalue weighted by Gasteiger charge is -1.90. The van der Waals surface area contributed by atoms with E-state index in [1.807, 2.05) is 0 Å². The number of isothiocyanates is 1. The van der Waals surface area contributed by atoms with Crippen molar-refractivity contribution in [1.82, 2.24) is 4.98 Å². The predicted molar refractivity (Wildman–Crippen MR) is 45.8 cm³/mol. The molecule has 1 aromatic heterocycles. The molecule has 0 bridgehead atoms. The van der Waals surface area contributed by atoms with Crippen LogP contribution >= 0.6 is 12.2 Å². The fraction of sp³-hybridized carbons (Fsp3) is 0.143. The third kappa shape index (κ3) is 2.45. The van der Waals surface area contributed by atoms with Gasteiger partial charge in [0.1, 0.15) is 0 Å². The highest BCUT2D eigenvalue weighted by atomic mass is 32.1. The Balaban J connectivity index is 2.81. The van der Waals surface area contributed by atoms with Gasteiger partial charge in [0, 0.05) is 12.3 Å². The molecule has 0 aliphatic heterocycles. The Morgan fingerprint density at radius 3 is 3.00 bits per heavy atom. The fourth-order valence-electron chi connectivity index (χ4n) is 0.665. The van der Waals surface area contributed by atoms with Crippen molar-refractivity contribution in [1.29, 1.82) is 0 Å². The summed E-state index contributed by atoms with van der Waals surface area (Å²) in [5.41, 5.74) is 0.807. The molecule has 0 unspecified atom stereocenters. The molecule has 0 amide bonds. The van der Waals surface area contributed by atoms with E-state index in [-0.39, 0.29) is 5.56 Å². The van der Waals surface area contributed by atoms with Crippen molar-refractivity contribution in [3.8, 4) is 0 Å². The number of thiocarbonyl (C=S) groups is 1. The van der Waals surface area contributed by atoms with Crippen molar-refractivity contribution in [2.24, 2.45) is 4.99 Å². The smallest absolute Gasteiger partial charge is 0.247 e. The van der Waals surface area contributed by atoms with Crippen LogP contribution in [-0.2, 0) is 6.54 Å². The van der Waals surface area contributed by atoms with Gasteiger partial charge in [-0.2, -0.15) is 0 Å². The Hall–Kier alpha value is -1.25. The Morgan fingerprint density at radius 1 is 1.64 bits per heavy atom. The first-order valence-electron chi connectivity index (χ1n) is 3.04. The number of pyridine rings is 1. The van der Waals surface area contributed by atoms with E-state index < -0.39 is 0 Å². The van der Waals surface area contributed by atoms with E-state index in [4.69, 9.17) is 0 Å². The molecule has 0 radical (unpaired) electrons. The van der Waals surface area contributed by atoms with Crippen molar-refractivity contribution in [3.63, 3.8) is 0 Å². The van der Waals surface area contributed by atoms with Gasteiger partial charge in [0.25, 0.3) is 0 Å². The van der Waals surface area contributed by atoms with E-state index in [0.29, 0.717) is 6.54 Å². The second kappa shape index (κ2) is 3.81. The molecule has 1 aromatic rings. The molecule has 1 heterocycles. The first-order chi connectivity index (χ1) is 5.33. The number of hydrogen-bond acceptors (Lipinski definition) is 3. The molecule has 0 saturated carbocycles. The van der Waals surface area contributed by atoms with Gasteiger partial charge in [-0.15, -0.1) is 0 Å². The molecular formula is C7H6N2OS. The van der Waals surface area contributed by atoms with E-state index in [9.17, 15) is 4.79 Å². The van der Waals surface area contributed by atoms with Gasteiger partial charge < -0.3 is 4.98 Å². The second-order valence-electron chi connectivity index (χ2n) is 1.97. The maximum absolute atomic E-state index is 10.6. The van der Waals surface area contributed by atoms with E-state index >= 15 is 0 Å². The van der Waals surface area contributed by atoms with Crippen molar-refractivity contribution in [3.05, 3.63) is 34.2 Å². The van der Waals surface area contributed by atoms with Crippen LogP contribution in [0.2, 0.25) is 0 Å². The summed E-state index contributed by atoms with van der Waals surface area (Å²) in [4.78, 5) is 16.8. The van der Waals surface area contributed by atoms with Gasteiger partial charge in [0.15, 0.2) is 0 Å². The zero-order chi connectivity index (χ0) is 8.10. The lowest BCUT2D eigenvalue weighted by Crippen LogP contribution is -2.02. The van der Waals surface area contributed by atoms with Crippen LogP contribution in [0.5, 0.6) is 0 Å². The van der Waals surface area contributed by atoms with Crippen LogP contribution in [0.1, 0.15) is 5.56 Å². The van der Waals surface area contributed by atoms with Crippen molar-refractivity contribution in [2.45, 2.75) is 6.54 Å². The second-order valence-corrected chi connectivity index (χ2v) is 2.15. The van der Waals surface area contributed by atoms with Crippen molar-refractivity contribution < 1.29 is 0 Å². The molecule has 56 valence electrons. The van der Waals surface area contributed by atoms with E-state index in [2.05, 4.69) is 27.4 Å². The van der Waals surface area contributed by atoms with Crippen LogP contribution in [-0.4, -0.2) is 10.1 Å². The molecule has 0 atom stereocenters. The summed E-state index contributed by atoms with van der Waals surface area (Å²) < 4.78 is 0. The minimum absolute atomic E-state index is 0.111. The molecule has 0 spiro atoms. The van der Waals surface area contributed by atoms with Gasteiger partial charge in [0.2, 0.25) is 5.56 Å². The topological polar surface area (TPSA) is 45.2 Å². The summed E-state index contributed by atoms with van der Waals surface area (Å²) in [7, 11) is 0. The van der Waals surface area contributed by atoms with Gasteiger partial charge in [-0.1, -0.05) is 6.07 Å². The summed E-state index contributed by atoms with van der Waals surface area (Å²) in [5.74, 6) is 0. The van der Waals surface area contributed by atoms with Gasteiger partial charge in [-0.25, -0.2) is 4.99 Å². The Bertz CT molecular complexity index is 318. The number of aliphatic imine (C=N–C) groups is 1. The maximum Gasteiger partial charge on any atom is 0.247 e. The van der Waals surface area contributed by atoms with Gasteiger partial charge >= 0.3 is 0 Å². The largest absolute Gasteiger partial charge is 0.329 e. The van der Waals surface area contributed by atoms with Crippen LogP contribution in [0, 0.1) is 0 Å². The van der Waals surface area contributed by atoms with Crippen LogP contribution in [0.4, 0.5) is 0 Å². The van der Waals surface area contributed by atoms with Crippen molar-refractivity contribution in [2.75, 3.05) is 0 Å². The summed E-state index contributed by atoms with van der Waals surface area (Å²) in [5, 5.41) is 2.25. The standard InChI is InChI=1S/C7H6N2OS/c10-7-2-1-6(4-9-7)3-8-5-11/h1-2,4H,3H2,(H,9,10). The van der Waals surface area contributed by atoms with Gasteiger partial charge in [0.05, 0.1) is 11.7 Å². The molecular weight excluding hydrogens is 160 g/mol. The third-order valence-electron chi connectivity index (χ3n) is 1.17. The molecule has 1 N–H and O–H groups in total. The normalized spacial score (nSPS) is 8.73. The molecule has 4 heteroatoms. The van der Waals surface area contributed by atoms with Crippen molar-refractivity contribution >= 4 is 17.4 Å². The van der Waals surface area contributed by atoms with E-state index in [0.717, 1.165) is 5.56 Å². The number of H-pyrrole nitrogens is 1. The summed E-state index contributed by atoms with van der Waals surface area (Å²) >= 11 is 4.39.